The van der Waals surface area contributed by atoms with Crippen LogP contribution in [0.4, 0.5) is 10.5 Å². The average molecular weight is 278 g/mol. The molecule has 1 amide bonds. The summed E-state index contributed by atoms with van der Waals surface area (Å²) in [6.07, 6.45) is 3.72. The summed E-state index contributed by atoms with van der Waals surface area (Å²) in [6, 6.07) is 7.14. The van der Waals surface area contributed by atoms with Crippen molar-refractivity contribution in [3.8, 4) is 5.75 Å². The van der Waals surface area contributed by atoms with Gasteiger partial charge < -0.3 is 15.2 Å². The predicted octanol–water partition coefficient (Wildman–Crippen LogP) is 2.76. The number of benzene rings is 1. The summed E-state index contributed by atoms with van der Waals surface area (Å²) >= 11 is 0. The summed E-state index contributed by atoms with van der Waals surface area (Å²) in [7, 11) is 1.60. The first-order chi connectivity index (χ1) is 9.72. The number of carbonyl (C=O) groups excluding carboxylic acids is 1. The van der Waals surface area contributed by atoms with Crippen LogP contribution < -0.4 is 15.8 Å². The zero-order valence-electron chi connectivity index (χ0n) is 11.8. The Kier molecular flexibility index (Phi) is 5.24. The molecule has 0 radical (unpaired) electrons. The molecule has 0 spiro atoms. The summed E-state index contributed by atoms with van der Waals surface area (Å²) in [5.74, 6) is 1.03. The van der Waals surface area contributed by atoms with Crippen molar-refractivity contribution in [3.63, 3.8) is 0 Å². The Balaban J connectivity index is 1.87. The van der Waals surface area contributed by atoms with Gasteiger partial charge >= 0.3 is 6.09 Å². The van der Waals surface area contributed by atoms with Gasteiger partial charge in [0.1, 0.15) is 11.9 Å². The number of rotatable bonds is 4. The first kappa shape index (κ1) is 14.7. The van der Waals surface area contributed by atoms with Crippen LogP contribution in [-0.4, -0.2) is 25.9 Å². The molecule has 1 aromatic carbocycles. The van der Waals surface area contributed by atoms with Gasteiger partial charge in [-0.05, 0) is 50.1 Å². The minimum atomic E-state index is -0.416. The summed E-state index contributed by atoms with van der Waals surface area (Å²) in [5.41, 5.74) is 6.42. The molecule has 20 heavy (non-hydrogen) atoms. The van der Waals surface area contributed by atoms with Gasteiger partial charge in [-0.3, -0.25) is 5.32 Å². The third-order valence-corrected chi connectivity index (χ3v) is 3.74. The Morgan fingerprint density at radius 3 is 2.65 bits per heavy atom. The number of amides is 1. The van der Waals surface area contributed by atoms with Gasteiger partial charge in [0.15, 0.2) is 0 Å². The normalized spacial score (nSPS) is 22.1. The second-order valence-corrected chi connectivity index (χ2v) is 5.08. The Morgan fingerprint density at radius 2 is 2.00 bits per heavy atom. The van der Waals surface area contributed by atoms with Crippen molar-refractivity contribution in [3.05, 3.63) is 24.3 Å². The molecule has 0 bridgehead atoms. The van der Waals surface area contributed by atoms with E-state index in [1.807, 2.05) is 0 Å². The van der Waals surface area contributed by atoms with Crippen molar-refractivity contribution in [2.75, 3.05) is 19.0 Å². The molecule has 2 unspecified atom stereocenters. The van der Waals surface area contributed by atoms with Gasteiger partial charge in [-0.2, -0.15) is 0 Å². The second kappa shape index (κ2) is 7.14. The lowest BCUT2D eigenvalue weighted by molar-refractivity contribution is 0.0489. The van der Waals surface area contributed by atoms with Gasteiger partial charge in [-0.25, -0.2) is 4.79 Å². The monoisotopic (exact) mass is 278 g/mol. The number of carbonyl (C=O) groups is 1. The largest absolute Gasteiger partial charge is 0.497 e. The van der Waals surface area contributed by atoms with Gasteiger partial charge in [-0.15, -0.1) is 0 Å². The number of methoxy groups -OCH3 is 1. The Labute approximate surface area is 119 Å². The highest BCUT2D eigenvalue weighted by atomic mass is 16.6. The van der Waals surface area contributed by atoms with Crippen LogP contribution in [0.1, 0.15) is 25.7 Å². The van der Waals surface area contributed by atoms with Gasteiger partial charge in [0.05, 0.1) is 7.11 Å². The first-order valence-electron chi connectivity index (χ1n) is 7.04. The number of anilines is 1. The Bertz CT molecular complexity index is 433. The smallest absolute Gasteiger partial charge is 0.411 e. The van der Waals surface area contributed by atoms with Crippen LogP contribution in [0.25, 0.3) is 0 Å². The molecule has 1 saturated carbocycles. The van der Waals surface area contributed by atoms with Gasteiger partial charge in [0, 0.05) is 11.6 Å². The molecule has 0 aromatic heterocycles. The summed E-state index contributed by atoms with van der Waals surface area (Å²) in [6.45, 7) is 0.570. The third-order valence-electron chi connectivity index (χ3n) is 3.74. The number of nitrogens with two attached hydrogens (primary N) is 1. The van der Waals surface area contributed by atoms with E-state index in [4.69, 9.17) is 15.2 Å². The fourth-order valence-corrected chi connectivity index (χ4v) is 2.56. The molecule has 0 aliphatic heterocycles. The van der Waals surface area contributed by atoms with Crippen LogP contribution in [0.15, 0.2) is 24.3 Å². The van der Waals surface area contributed by atoms with E-state index < -0.39 is 6.09 Å². The van der Waals surface area contributed by atoms with E-state index in [0.29, 0.717) is 12.2 Å². The highest BCUT2D eigenvalue weighted by Gasteiger charge is 2.27. The van der Waals surface area contributed by atoms with E-state index in [1.54, 1.807) is 31.4 Å². The molecule has 1 aliphatic carbocycles. The molecule has 0 heterocycles. The molecule has 3 N–H and O–H groups in total. The topological polar surface area (TPSA) is 73.6 Å². The maximum absolute atomic E-state index is 11.9. The molecular formula is C15H22N2O3. The molecule has 2 atom stereocenters. The Hall–Kier alpha value is -1.75. The third kappa shape index (κ3) is 3.87. The molecule has 1 aromatic rings. The average Bonchev–Trinajstić information content (AvgIpc) is 2.48. The second-order valence-electron chi connectivity index (χ2n) is 5.08. The van der Waals surface area contributed by atoms with Crippen molar-refractivity contribution >= 4 is 11.8 Å². The number of hydrogen-bond acceptors (Lipinski definition) is 4. The van der Waals surface area contributed by atoms with Gasteiger partial charge in [0.25, 0.3) is 0 Å². The minimum Gasteiger partial charge on any atom is -0.497 e. The molecule has 1 aliphatic rings. The van der Waals surface area contributed by atoms with Crippen LogP contribution >= 0.6 is 0 Å². The van der Waals surface area contributed by atoms with E-state index in [2.05, 4.69) is 5.32 Å². The highest BCUT2D eigenvalue weighted by molar-refractivity contribution is 5.84. The molecule has 0 saturated heterocycles. The summed E-state index contributed by atoms with van der Waals surface area (Å²) in [4.78, 5) is 11.9. The minimum absolute atomic E-state index is 0.0630. The number of ether oxygens (including phenoxy) is 2. The molecule has 110 valence electrons. The zero-order chi connectivity index (χ0) is 14.4. The van der Waals surface area contributed by atoms with E-state index >= 15 is 0 Å². The van der Waals surface area contributed by atoms with Crippen molar-refractivity contribution in [1.29, 1.82) is 0 Å². The van der Waals surface area contributed by atoms with Crippen LogP contribution in [0.3, 0.4) is 0 Å². The standard InChI is InChI=1S/C15H22N2O3/c1-19-13-8-6-12(7-9-13)17-15(18)20-14-5-3-2-4-11(14)10-16/h6-9,11,14H,2-5,10,16H2,1H3,(H,17,18). The highest BCUT2D eigenvalue weighted by Crippen LogP contribution is 2.26. The number of hydrogen-bond donors (Lipinski definition) is 2. The van der Waals surface area contributed by atoms with Crippen LogP contribution in [-0.2, 0) is 4.74 Å². The van der Waals surface area contributed by atoms with E-state index in [0.717, 1.165) is 25.0 Å². The summed E-state index contributed by atoms with van der Waals surface area (Å²) < 4.78 is 10.6. The molecule has 5 heteroatoms. The van der Waals surface area contributed by atoms with Crippen molar-refractivity contribution in [2.24, 2.45) is 11.7 Å². The van der Waals surface area contributed by atoms with E-state index in [9.17, 15) is 4.79 Å². The zero-order valence-corrected chi connectivity index (χ0v) is 11.8. The lowest BCUT2D eigenvalue weighted by Gasteiger charge is -2.30. The molecule has 2 rings (SSSR count). The van der Waals surface area contributed by atoms with Gasteiger partial charge in [-0.1, -0.05) is 6.42 Å². The SMILES string of the molecule is COc1ccc(NC(=O)OC2CCCCC2CN)cc1. The lowest BCUT2D eigenvalue weighted by Crippen LogP contribution is -2.35. The van der Waals surface area contributed by atoms with E-state index in [-0.39, 0.29) is 12.0 Å². The number of nitrogens with one attached hydrogen (secondary N) is 1. The summed E-state index contributed by atoms with van der Waals surface area (Å²) in [5, 5.41) is 2.73. The molecule has 1 fully saturated rings. The van der Waals surface area contributed by atoms with Crippen LogP contribution in [0.2, 0.25) is 0 Å². The van der Waals surface area contributed by atoms with Crippen molar-refractivity contribution in [2.45, 2.75) is 31.8 Å². The maximum atomic E-state index is 11.9. The fourth-order valence-electron chi connectivity index (χ4n) is 2.56. The quantitative estimate of drug-likeness (QED) is 0.888. The molecule has 5 nitrogen and oxygen atoms in total. The lowest BCUT2D eigenvalue weighted by atomic mass is 9.86. The molecular weight excluding hydrogens is 256 g/mol. The first-order valence-corrected chi connectivity index (χ1v) is 7.04. The maximum Gasteiger partial charge on any atom is 0.411 e. The van der Waals surface area contributed by atoms with Crippen LogP contribution in [0.5, 0.6) is 5.75 Å². The van der Waals surface area contributed by atoms with E-state index in [1.165, 1.54) is 6.42 Å². The van der Waals surface area contributed by atoms with Gasteiger partial charge in [0.2, 0.25) is 0 Å². The fraction of sp³-hybridized carbons (Fsp3) is 0.533. The van der Waals surface area contributed by atoms with Crippen LogP contribution in [0, 0.1) is 5.92 Å². The van der Waals surface area contributed by atoms with Crippen molar-refractivity contribution < 1.29 is 14.3 Å². The predicted molar refractivity (Wildman–Crippen MR) is 77.9 cm³/mol. The Morgan fingerprint density at radius 1 is 1.30 bits per heavy atom. The van der Waals surface area contributed by atoms with Crippen molar-refractivity contribution in [1.82, 2.24) is 0 Å².